The van der Waals surface area contributed by atoms with Crippen LogP contribution in [0.4, 0.5) is 0 Å². The van der Waals surface area contributed by atoms with Crippen molar-refractivity contribution >= 4 is 51.3 Å². The van der Waals surface area contributed by atoms with Crippen LogP contribution in [0.15, 0.2) is 21.3 Å². The van der Waals surface area contributed by atoms with E-state index in [1.807, 2.05) is 13.0 Å². The first-order valence-corrected chi connectivity index (χ1v) is 13.0. The van der Waals surface area contributed by atoms with E-state index in [4.69, 9.17) is 4.74 Å². The van der Waals surface area contributed by atoms with Crippen molar-refractivity contribution in [1.82, 2.24) is 14.9 Å². The maximum absolute atomic E-state index is 12.7. The first-order chi connectivity index (χ1) is 14.1. The van der Waals surface area contributed by atoms with E-state index in [0.29, 0.717) is 37.1 Å². The Morgan fingerprint density at radius 3 is 2.67 bits per heavy atom. The number of hydrogen-bond acceptors (Lipinski definition) is 5. The zero-order chi connectivity index (χ0) is 20.5. The van der Waals surface area contributed by atoms with E-state index >= 15 is 0 Å². The molecule has 0 aromatic carbocycles. The molecule has 0 amide bonds. The highest BCUT2D eigenvalue weighted by Crippen LogP contribution is 2.28. The molecular formula is C20H35IN4O3S2. The molecule has 0 atom stereocenters. The fourth-order valence-electron chi connectivity index (χ4n) is 3.89. The molecule has 172 valence electrons. The van der Waals surface area contributed by atoms with Gasteiger partial charge in [-0.2, -0.15) is 4.31 Å². The predicted octanol–water partition coefficient (Wildman–Crippen LogP) is 3.41. The molecule has 0 bridgehead atoms. The molecule has 0 unspecified atom stereocenters. The first-order valence-electron chi connectivity index (χ1n) is 10.8. The molecule has 1 aliphatic carbocycles. The van der Waals surface area contributed by atoms with Crippen molar-refractivity contribution in [3.63, 3.8) is 0 Å². The van der Waals surface area contributed by atoms with Crippen molar-refractivity contribution in [1.29, 1.82) is 0 Å². The number of ether oxygens (including phenoxy) is 1. The highest BCUT2D eigenvalue weighted by Gasteiger charge is 2.27. The van der Waals surface area contributed by atoms with Crippen LogP contribution in [-0.2, 0) is 21.3 Å². The number of thiophene rings is 1. The van der Waals surface area contributed by atoms with E-state index in [0.717, 1.165) is 36.3 Å². The molecule has 1 aromatic heterocycles. The number of rotatable bonds is 9. The first kappa shape index (κ1) is 25.8. The van der Waals surface area contributed by atoms with Crippen LogP contribution in [0.5, 0.6) is 0 Å². The molecule has 1 saturated carbocycles. The fourth-order valence-corrected chi connectivity index (χ4v) is 6.73. The summed E-state index contributed by atoms with van der Waals surface area (Å²) in [5, 5.41) is 6.68. The predicted molar refractivity (Wildman–Crippen MR) is 133 cm³/mol. The molecular weight excluding hydrogens is 535 g/mol. The molecule has 10 heteroatoms. The zero-order valence-corrected chi connectivity index (χ0v) is 21.7. The quantitative estimate of drug-likeness (QED) is 0.206. The summed E-state index contributed by atoms with van der Waals surface area (Å²) >= 11 is 1.31. The van der Waals surface area contributed by atoms with Gasteiger partial charge in [0.15, 0.2) is 5.96 Å². The van der Waals surface area contributed by atoms with Crippen molar-refractivity contribution < 1.29 is 13.2 Å². The molecule has 1 aromatic rings. The van der Waals surface area contributed by atoms with Gasteiger partial charge in [-0.3, -0.25) is 0 Å². The fraction of sp³-hybridized carbons (Fsp3) is 0.750. The highest BCUT2D eigenvalue weighted by atomic mass is 127. The van der Waals surface area contributed by atoms with Crippen molar-refractivity contribution in [2.75, 3.05) is 39.4 Å². The van der Waals surface area contributed by atoms with Crippen LogP contribution in [-0.4, -0.2) is 58.1 Å². The van der Waals surface area contributed by atoms with Crippen molar-refractivity contribution in [2.24, 2.45) is 10.9 Å². The van der Waals surface area contributed by atoms with Gasteiger partial charge in [0.2, 0.25) is 0 Å². The molecule has 7 nitrogen and oxygen atoms in total. The number of hydrogen-bond donors (Lipinski definition) is 2. The third kappa shape index (κ3) is 7.61. The van der Waals surface area contributed by atoms with E-state index < -0.39 is 10.0 Å². The van der Waals surface area contributed by atoms with Crippen LogP contribution in [0.25, 0.3) is 0 Å². The second-order valence-corrected chi connectivity index (χ2v) is 11.0. The van der Waals surface area contributed by atoms with Gasteiger partial charge in [-0.25, -0.2) is 13.4 Å². The van der Waals surface area contributed by atoms with Gasteiger partial charge in [0.05, 0.1) is 19.8 Å². The van der Waals surface area contributed by atoms with Gasteiger partial charge in [0, 0.05) is 31.1 Å². The Morgan fingerprint density at radius 1 is 1.23 bits per heavy atom. The van der Waals surface area contributed by atoms with Gasteiger partial charge >= 0.3 is 0 Å². The van der Waals surface area contributed by atoms with Crippen LogP contribution >= 0.6 is 35.3 Å². The summed E-state index contributed by atoms with van der Waals surface area (Å²) in [5.74, 6) is 1.71. The average Bonchev–Trinajstić information content (AvgIpc) is 3.42. The number of guanidine groups is 1. The lowest BCUT2D eigenvalue weighted by molar-refractivity contribution is 0.0731. The number of aliphatic imine (C=N–C) groups is 1. The normalized spacial score (nSPS) is 18.9. The van der Waals surface area contributed by atoms with Crippen molar-refractivity contribution in [2.45, 2.75) is 56.2 Å². The van der Waals surface area contributed by atoms with Gasteiger partial charge in [-0.1, -0.05) is 25.7 Å². The summed E-state index contributed by atoms with van der Waals surface area (Å²) in [4.78, 5) is 5.58. The monoisotopic (exact) mass is 570 g/mol. The van der Waals surface area contributed by atoms with E-state index in [9.17, 15) is 8.42 Å². The molecule has 0 spiro atoms. The average molecular weight is 571 g/mol. The van der Waals surface area contributed by atoms with Crippen LogP contribution in [0.2, 0.25) is 0 Å². The van der Waals surface area contributed by atoms with Gasteiger partial charge in [-0.15, -0.1) is 35.3 Å². The number of nitrogens with zero attached hydrogens (tertiary/aromatic N) is 2. The van der Waals surface area contributed by atoms with Gasteiger partial charge in [0.25, 0.3) is 10.0 Å². The largest absolute Gasteiger partial charge is 0.379 e. The van der Waals surface area contributed by atoms with Crippen LogP contribution < -0.4 is 10.6 Å². The smallest absolute Gasteiger partial charge is 0.252 e. The Hall–Kier alpha value is -0.430. The highest BCUT2D eigenvalue weighted by molar-refractivity contribution is 14.0. The van der Waals surface area contributed by atoms with Crippen molar-refractivity contribution in [3.05, 3.63) is 17.0 Å². The van der Waals surface area contributed by atoms with E-state index in [1.165, 1.54) is 47.7 Å². The summed E-state index contributed by atoms with van der Waals surface area (Å²) in [7, 11) is -3.42. The molecule has 0 radical (unpaired) electrons. The maximum atomic E-state index is 12.7. The molecule has 2 fully saturated rings. The summed E-state index contributed by atoms with van der Waals surface area (Å²) in [5.41, 5.74) is 0. The molecule has 3 rings (SSSR count). The molecule has 2 N–H and O–H groups in total. The summed E-state index contributed by atoms with van der Waals surface area (Å²) < 4.78 is 32.6. The van der Waals surface area contributed by atoms with E-state index in [2.05, 4.69) is 15.6 Å². The Labute approximate surface area is 202 Å². The van der Waals surface area contributed by atoms with E-state index in [1.54, 1.807) is 6.07 Å². The maximum Gasteiger partial charge on any atom is 0.252 e. The van der Waals surface area contributed by atoms with Crippen LogP contribution in [0, 0.1) is 5.92 Å². The summed E-state index contributed by atoms with van der Waals surface area (Å²) in [6.07, 6.45) is 8.03. The third-order valence-electron chi connectivity index (χ3n) is 5.49. The zero-order valence-electron chi connectivity index (χ0n) is 17.8. The lowest BCUT2D eigenvalue weighted by Crippen LogP contribution is -2.40. The topological polar surface area (TPSA) is 83.0 Å². The lowest BCUT2D eigenvalue weighted by atomic mass is 10.0. The van der Waals surface area contributed by atoms with Crippen molar-refractivity contribution in [3.8, 4) is 0 Å². The Balaban J connectivity index is 0.00000320. The van der Waals surface area contributed by atoms with Gasteiger partial charge in [0.1, 0.15) is 4.21 Å². The Morgan fingerprint density at radius 2 is 1.97 bits per heavy atom. The SMILES string of the molecule is CCNC(=NCc1ccc(S(=O)(=O)N2CCOCC2)s1)NCCCC1CCCC1.I. The van der Waals surface area contributed by atoms with Crippen LogP contribution in [0.3, 0.4) is 0 Å². The lowest BCUT2D eigenvalue weighted by Gasteiger charge is -2.25. The Bertz CT molecular complexity index is 758. The molecule has 1 aliphatic heterocycles. The molecule has 2 heterocycles. The number of morpholine rings is 1. The van der Waals surface area contributed by atoms with Crippen LogP contribution in [0.1, 0.15) is 50.3 Å². The molecule has 30 heavy (non-hydrogen) atoms. The second kappa shape index (κ2) is 13.2. The van der Waals surface area contributed by atoms with Gasteiger partial charge in [-0.05, 0) is 37.8 Å². The summed E-state index contributed by atoms with van der Waals surface area (Å²) in [6, 6.07) is 3.56. The number of sulfonamides is 1. The number of halogens is 1. The molecule has 1 saturated heterocycles. The minimum Gasteiger partial charge on any atom is -0.379 e. The number of nitrogens with one attached hydrogen (secondary N) is 2. The molecule has 2 aliphatic rings. The second-order valence-electron chi connectivity index (χ2n) is 7.65. The minimum absolute atomic E-state index is 0. The summed E-state index contributed by atoms with van der Waals surface area (Å²) in [6.45, 7) is 6.00. The minimum atomic E-state index is -3.42. The standard InChI is InChI=1S/C20H34N4O3S2.HI/c1-2-21-20(22-11-5-8-17-6-3-4-7-17)23-16-18-9-10-19(28-18)29(25,26)24-12-14-27-15-13-24;/h9-10,17H,2-8,11-16H2,1H3,(H2,21,22,23);1H. The third-order valence-corrected chi connectivity index (χ3v) is 8.93. The van der Waals surface area contributed by atoms with Gasteiger partial charge < -0.3 is 15.4 Å². The Kier molecular flexibility index (Phi) is 11.4. The van der Waals surface area contributed by atoms with E-state index in [-0.39, 0.29) is 24.0 Å².